The van der Waals surface area contributed by atoms with Crippen molar-refractivity contribution in [2.24, 2.45) is 0 Å². The monoisotopic (exact) mass is 245 g/mol. The van der Waals surface area contributed by atoms with Crippen LogP contribution in [0.1, 0.15) is 31.1 Å². The van der Waals surface area contributed by atoms with Crippen molar-refractivity contribution in [2.45, 2.75) is 26.4 Å². The van der Waals surface area contributed by atoms with Gasteiger partial charge < -0.3 is 10.5 Å². The summed E-state index contributed by atoms with van der Waals surface area (Å²) in [5.41, 5.74) is 6.16. The van der Waals surface area contributed by atoms with Crippen LogP contribution < -0.4 is 5.73 Å². The van der Waals surface area contributed by atoms with E-state index in [0.717, 1.165) is 5.39 Å². The number of carbonyl (C=O) groups is 1. The highest BCUT2D eigenvalue weighted by Crippen LogP contribution is 2.19. The van der Waals surface area contributed by atoms with Gasteiger partial charge in [0.05, 0.1) is 5.56 Å². The van der Waals surface area contributed by atoms with Gasteiger partial charge in [0, 0.05) is 17.8 Å². The molecule has 5 heteroatoms. The lowest BCUT2D eigenvalue weighted by molar-refractivity contribution is 0.00693. The minimum Gasteiger partial charge on any atom is -0.456 e. The molecule has 0 spiro atoms. The number of pyridine rings is 2. The lowest BCUT2D eigenvalue weighted by atomic mass is 10.1. The zero-order valence-corrected chi connectivity index (χ0v) is 10.6. The van der Waals surface area contributed by atoms with Crippen molar-refractivity contribution in [3.05, 3.63) is 30.1 Å². The third-order valence-electron chi connectivity index (χ3n) is 2.26. The smallest absolute Gasteiger partial charge is 0.340 e. The van der Waals surface area contributed by atoms with Crippen molar-refractivity contribution >= 4 is 22.7 Å². The third-order valence-corrected chi connectivity index (χ3v) is 2.26. The SMILES string of the molecule is CC(C)(C)OC(=O)c1cnc2c(N)nccc2c1. The van der Waals surface area contributed by atoms with Crippen LogP contribution in [0.25, 0.3) is 10.9 Å². The fourth-order valence-corrected chi connectivity index (χ4v) is 1.53. The molecule has 0 bridgehead atoms. The summed E-state index contributed by atoms with van der Waals surface area (Å²) in [6.07, 6.45) is 3.03. The zero-order valence-electron chi connectivity index (χ0n) is 10.6. The molecule has 0 aliphatic heterocycles. The Morgan fingerprint density at radius 2 is 2.06 bits per heavy atom. The number of esters is 1. The Labute approximate surface area is 105 Å². The van der Waals surface area contributed by atoms with Gasteiger partial charge in [0.15, 0.2) is 0 Å². The molecular weight excluding hydrogens is 230 g/mol. The van der Waals surface area contributed by atoms with E-state index in [4.69, 9.17) is 10.5 Å². The number of hydrogen-bond donors (Lipinski definition) is 1. The molecule has 94 valence electrons. The highest BCUT2D eigenvalue weighted by atomic mass is 16.6. The second kappa shape index (κ2) is 4.25. The predicted octanol–water partition coefficient (Wildman–Crippen LogP) is 2.17. The average molecular weight is 245 g/mol. The summed E-state index contributed by atoms with van der Waals surface area (Å²) in [6.45, 7) is 5.46. The summed E-state index contributed by atoms with van der Waals surface area (Å²) < 4.78 is 5.28. The normalized spacial score (nSPS) is 11.5. The molecule has 0 aliphatic rings. The van der Waals surface area contributed by atoms with Crippen molar-refractivity contribution in [2.75, 3.05) is 5.73 Å². The van der Waals surface area contributed by atoms with Gasteiger partial charge in [-0.2, -0.15) is 0 Å². The van der Waals surface area contributed by atoms with Crippen molar-refractivity contribution < 1.29 is 9.53 Å². The van der Waals surface area contributed by atoms with Gasteiger partial charge in [-0.15, -0.1) is 0 Å². The minimum atomic E-state index is -0.524. The Bertz CT molecular complexity index is 603. The number of nitrogens with two attached hydrogens (primary N) is 1. The minimum absolute atomic E-state index is 0.350. The Morgan fingerprint density at radius 3 is 2.72 bits per heavy atom. The first-order valence-corrected chi connectivity index (χ1v) is 5.60. The molecule has 0 saturated heterocycles. The number of ether oxygens (including phenoxy) is 1. The van der Waals surface area contributed by atoms with Crippen LogP contribution in [0.3, 0.4) is 0 Å². The van der Waals surface area contributed by atoms with E-state index in [9.17, 15) is 4.79 Å². The van der Waals surface area contributed by atoms with E-state index in [2.05, 4.69) is 9.97 Å². The van der Waals surface area contributed by atoms with Gasteiger partial charge in [0.25, 0.3) is 0 Å². The Balaban J connectivity index is 2.39. The second-order valence-corrected chi connectivity index (χ2v) is 4.99. The molecule has 5 nitrogen and oxygen atoms in total. The standard InChI is InChI=1S/C13H15N3O2/c1-13(2,3)18-12(17)9-6-8-4-5-15-11(14)10(8)16-7-9/h4-7H,1-3H3,(H2,14,15). The van der Waals surface area contributed by atoms with Gasteiger partial charge in [0.2, 0.25) is 0 Å². The molecule has 2 aromatic heterocycles. The fourth-order valence-electron chi connectivity index (χ4n) is 1.53. The summed E-state index contributed by atoms with van der Waals surface area (Å²) >= 11 is 0. The van der Waals surface area contributed by atoms with Gasteiger partial charge in [-0.1, -0.05) is 0 Å². The summed E-state index contributed by atoms with van der Waals surface area (Å²) in [5.74, 6) is -0.0458. The third kappa shape index (κ3) is 2.56. The highest BCUT2D eigenvalue weighted by molar-refractivity contribution is 5.95. The molecule has 0 aromatic carbocycles. The molecule has 0 radical (unpaired) electrons. The molecular formula is C13H15N3O2. The van der Waals surface area contributed by atoms with E-state index < -0.39 is 11.6 Å². The van der Waals surface area contributed by atoms with Gasteiger partial charge >= 0.3 is 5.97 Å². The Morgan fingerprint density at radius 1 is 1.33 bits per heavy atom. The topological polar surface area (TPSA) is 78.1 Å². The zero-order chi connectivity index (χ0) is 13.3. The van der Waals surface area contributed by atoms with Gasteiger partial charge in [-0.05, 0) is 32.9 Å². The molecule has 0 aliphatic carbocycles. The van der Waals surface area contributed by atoms with Crippen molar-refractivity contribution in [3.8, 4) is 0 Å². The van der Waals surface area contributed by atoms with Crippen molar-refractivity contribution in [3.63, 3.8) is 0 Å². The maximum Gasteiger partial charge on any atom is 0.340 e. The largest absolute Gasteiger partial charge is 0.456 e. The van der Waals surface area contributed by atoms with E-state index in [1.165, 1.54) is 6.20 Å². The number of carbonyl (C=O) groups excluding carboxylic acids is 1. The van der Waals surface area contributed by atoms with Gasteiger partial charge in [-0.3, -0.25) is 4.98 Å². The quantitative estimate of drug-likeness (QED) is 0.779. The summed E-state index contributed by atoms with van der Waals surface area (Å²) in [7, 11) is 0. The molecule has 2 heterocycles. The van der Waals surface area contributed by atoms with E-state index in [-0.39, 0.29) is 0 Å². The predicted molar refractivity (Wildman–Crippen MR) is 69.1 cm³/mol. The number of hydrogen-bond acceptors (Lipinski definition) is 5. The Kier molecular flexibility index (Phi) is 2.90. The lowest BCUT2D eigenvalue weighted by Gasteiger charge is -2.19. The molecule has 0 fully saturated rings. The number of fused-ring (bicyclic) bond motifs is 1. The molecule has 18 heavy (non-hydrogen) atoms. The molecule has 2 aromatic rings. The van der Waals surface area contributed by atoms with Crippen LogP contribution in [-0.2, 0) is 4.74 Å². The van der Waals surface area contributed by atoms with E-state index >= 15 is 0 Å². The van der Waals surface area contributed by atoms with Crippen molar-refractivity contribution in [1.29, 1.82) is 0 Å². The first kappa shape index (κ1) is 12.3. The van der Waals surface area contributed by atoms with Gasteiger partial charge in [0.1, 0.15) is 16.9 Å². The number of nitrogens with zero attached hydrogens (tertiary/aromatic N) is 2. The van der Waals surface area contributed by atoms with E-state index in [1.807, 2.05) is 20.8 Å². The molecule has 0 saturated carbocycles. The van der Waals surface area contributed by atoms with Crippen LogP contribution in [-0.4, -0.2) is 21.5 Å². The number of aromatic nitrogens is 2. The summed E-state index contributed by atoms with van der Waals surface area (Å²) in [4.78, 5) is 20.0. The van der Waals surface area contributed by atoms with Gasteiger partial charge in [-0.25, -0.2) is 9.78 Å². The molecule has 2 rings (SSSR count). The number of anilines is 1. The van der Waals surface area contributed by atoms with E-state index in [0.29, 0.717) is 16.9 Å². The Hall–Kier alpha value is -2.17. The molecule has 2 N–H and O–H groups in total. The lowest BCUT2D eigenvalue weighted by Crippen LogP contribution is -2.23. The van der Waals surface area contributed by atoms with Crippen LogP contribution in [0.2, 0.25) is 0 Å². The summed E-state index contributed by atoms with van der Waals surface area (Å²) in [5, 5.41) is 0.769. The van der Waals surface area contributed by atoms with Crippen molar-refractivity contribution in [1.82, 2.24) is 9.97 Å². The fraction of sp³-hybridized carbons (Fsp3) is 0.308. The maximum absolute atomic E-state index is 11.9. The van der Waals surface area contributed by atoms with Crippen LogP contribution >= 0.6 is 0 Å². The average Bonchev–Trinajstić information content (AvgIpc) is 2.26. The van der Waals surface area contributed by atoms with Crippen LogP contribution in [0.4, 0.5) is 5.82 Å². The van der Waals surface area contributed by atoms with Crippen LogP contribution in [0, 0.1) is 0 Å². The highest BCUT2D eigenvalue weighted by Gasteiger charge is 2.18. The molecule has 0 unspecified atom stereocenters. The van der Waals surface area contributed by atoms with Crippen LogP contribution in [0.5, 0.6) is 0 Å². The number of nitrogen functional groups attached to an aromatic ring is 1. The number of rotatable bonds is 1. The maximum atomic E-state index is 11.9. The van der Waals surface area contributed by atoms with Crippen LogP contribution in [0.15, 0.2) is 24.5 Å². The summed E-state index contributed by atoms with van der Waals surface area (Å²) in [6, 6.07) is 3.46. The van der Waals surface area contributed by atoms with E-state index in [1.54, 1.807) is 18.3 Å². The molecule has 0 amide bonds. The first-order valence-electron chi connectivity index (χ1n) is 5.60. The second-order valence-electron chi connectivity index (χ2n) is 4.99. The molecule has 0 atom stereocenters. The first-order chi connectivity index (χ1) is 8.37.